The molecule has 0 unspecified atom stereocenters. The Balaban J connectivity index is 1.78. The standard InChI is InChI=1S/C20H25N3O5S2/c1-14-10-11-17(13-19(14)23-29(2,25)26)21-20(24)15-6-5-9-18(12-15)30(27,28)22-16-7-3-4-8-16/h5-6,9-13,16,22-23H,3-4,7-8H2,1-2H3,(H,21,24). The van der Waals surface area contributed by atoms with Crippen molar-refractivity contribution < 1.29 is 21.6 Å². The van der Waals surface area contributed by atoms with Crippen LogP contribution >= 0.6 is 0 Å². The molecule has 2 aromatic carbocycles. The second kappa shape index (κ2) is 8.75. The first kappa shape index (κ1) is 22.3. The number of aryl methyl sites for hydroxylation is 1. The van der Waals surface area contributed by atoms with Crippen molar-refractivity contribution in [2.24, 2.45) is 0 Å². The zero-order valence-electron chi connectivity index (χ0n) is 16.8. The van der Waals surface area contributed by atoms with Crippen molar-refractivity contribution in [2.75, 3.05) is 16.3 Å². The fourth-order valence-electron chi connectivity index (χ4n) is 3.35. The molecule has 0 radical (unpaired) electrons. The van der Waals surface area contributed by atoms with E-state index in [4.69, 9.17) is 0 Å². The summed E-state index contributed by atoms with van der Waals surface area (Å²) in [4.78, 5) is 12.7. The molecule has 10 heteroatoms. The van der Waals surface area contributed by atoms with Crippen LogP contribution in [0.25, 0.3) is 0 Å². The number of nitrogens with one attached hydrogen (secondary N) is 3. The number of benzene rings is 2. The van der Waals surface area contributed by atoms with Crippen molar-refractivity contribution in [2.45, 2.75) is 43.5 Å². The fraction of sp³-hybridized carbons (Fsp3) is 0.350. The third-order valence-corrected chi connectivity index (χ3v) is 6.98. The number of hydrogen-bond acceptors (Lipinski definition) is 5. The summed E-state index contributed by atoms with van der Waals surface area (Å²) >= 11 is 0. The van der Waals surface area contributed by atoms with Crippen molar-refractivity contribution in [3.63, 3.8) is 0 Å². The van der Waals surface area contributed by atoms with Gasteiger partial charge in [0.2, 0.25) is 20.0 Å². The van der Waals surface area contributed by atoms with Crippen LogP contribution in [0.4, 0.5) is 11.4 Å². The highest BCUT2D eigenvalue weighted by atomic mass is 32.2. The normalized spacial score (nSPS) is 15.1. The number of anilines is 2. The van der Waals surface area contributed by atoms with Crippen molar-refractivity contribution in [1.82, 2.24) is 4.72 Å². The molecule has 1 fully saturated rings. The van der Waals surface area contributed by atoms with E-state index in [2.05, 4.69) is 14.8 Å². The molecule has 0 aromatic heterocycles. The summed E-state index contributed by atoms with van der Waals surface area (Å²) in [5, 5.41) is 2.67. The Morgan fingerprint density at radius 2 is 1.70 bits per heavy atom. The summed E-state index contributed by atoms with van der Waals surface area (Å²) in [6, 6.07) is 10.6. The molecule has 3 rings (SSSR count). The Morgan fingerprint density at radius 1 is 1.00 bits per heavy atom. The van der Waals surface area contributed by atoms with Gasteiger partial charge in [0.1, 0.15) is 0 Å². The lowest BCUT2D eigenvalue weighted by molar-refractivity contribution is 0.102. The molecule has 0 heterocycles. The van der Waals surface area contributed by atoms with Gasteiger partial charge >= 0.3 is 0 Å². The van der Waals surface area contributed by atoms with E-state index in [-0.39, 0.29) is 16.5 Å². The zero-order chi connectivity index (χ0) is 21.9. The summed E-state index contributed by atoms with van der Waals surface area (Å²) in [5.74, 6) is -0.498. The Bertz CT molecular complexity index is 1150. The predicted octanol–water partition coefficient (Wildman–Crippen LogP) is 2.84. The minimum Gasteiger partial charge on any atom is -0.322 e. The first-order valence-corrected chi connectivity index (χ1v) is 12.9. The first-order valence-electron chi connectivity index (χ1n) is 9.56. The number of sulfonamides is 2. The molecule has 8 nitrogen and oxygen atoms in total. The number of amides is 1. The number of carbonyl (C=O) groups excluding carboxylic acids is 1. The van der Waals surface area contributed by atoms with E-state index in [9.17, 15) is 21.6 Å². The second-order valence-electron chi connectivity index (χ2n) is 7.49. The van der Waals surface area contributed by atoms with Gasteiger partial charge in [0.15, 0.2) is 0 Å². The molecular formula is C20H25N3O5S2. The Hall–Kier alpha value is -2.43. The lowest BCUT2D eigenvalue weighted by Crippen LogP contribution is -2.32. The van der Waals surface area contributed by atoms with E-state index < -0.39 is 26.0 Å². The van der Waals surface area contributed by atoms with Gasteiger partial charge in [0.05, 0.1) is 16.8 Å². The van der Waals surface area contributed by atoms with Crippen LogP contribution in [0, 0.1) is 6.92 Å². The molecule has 0 saturated heterocycles. The van der Waals surface area contributed by atoms with Gasteiger partial charge in [-0.3, -0.25) is 9.52 Å². The van der Waals surface area contributed by atoms with Gasteiger partial charge in [-0.2, -0.15) is 0 Å². The van der Waals surface area contributed by atoms with E-state index in [0.717, 1.165) is 31.9 Å². The minimum atomic E-state index is -3.71. The van der Waals surface area contributed by atoms with Crippen LogP contribution < -0.4 is 14.8 Å². The van der Waals surface area contributed by atoms with E-state index in [0.29, 0.717) is 16.9 Å². The topological polar surface area (TPSA) is 121 Å². The zero-order valence-corrected chi connectivity index (χ0v) is 18.4. The van der Waals surface area contributed by atoms with Crippen LogP contribution in [-0.4, -0.2) is 35.0 Å². The Labute approximate surface area is 177 Å². The molecule has 0 atom stereocenters. The van der Waals surface area contributed by atoms with Gasteiger partial charge in [0.25, 0.3) is 5.91 Å². The van der Waals surface area contributed by atoms with Crippen molar-refractivity contribution in [1.29, 1.82) is 0 Å². The van der Waals surface area contributed by atoms with Crippen molar-refractivity contribution >= 4 is 37.3 Å². The summed E-state index contributed by atoms with van der Waals surface area (Å²) in [6.45, 7) is 1.74. The van der Waals surface area contributed by atoms with Gasteiger partial charge in [-0.15, -0.1) is 0 Å². The van der Waals surface area contributed by atoms with Crippen molar-refractivity contribution in [3.05, 3.63) is 53.6 Å². The molecule has 0 spiro atoms. The van der Waals surface area contributed by atoms with Crippen LogP contribution in [0.3, 0.4) is 0 Å². The predicted molar refractivity (Wildman–Crippen MR) is 117 cm³/mol. The molecule has 0 aliphatic heterocycles. The van der Waals surface area contributed by atoms with Gasteiger partial charge in [-0.1, -0.05) is 25.0 Å². The fourth-order valence-corrected chi connectivity index (χ4v) is 5.32. The number of hydrogen-bond donors (Lipinski definition) is 3. The van der Waals surface area contributed by atoms with E-state index in [1.165, 1.54) is 30.3 Å². The third-order valence-electron chi connectivity index (χ3n) is 4.87. The molecule has 1 saturated carbocycles. The van der Waals surface area contributed by atoms with Gasteiger partial charge < -0.3 is 5.32 Å². The summed E-state index contributed by atoms with van der Waals surface area (Å²) < 4.78 is 53.4. The lowest BCUT2D eigenvalue weighted by atomic mass is 10.1. The van der Waals surface area contributed by atoms with Gasteiger partial charge in [-0.25, -0.2) is 21.6 Å². The maximum Gasteiger partial charge on any atom is 0.255 e. The van der Waals surface area contributed by atoms with E-state index in [1.807, 2.05) is 0 Å². The third kappa shape index (κ3) is 5.80. The maximum atomic E-state index is 12.7. The molecule has 1 aliphatic rings. The van der Waals surface area contributed by atoms with Gasteiger partial charge in [0, 0.05) is 17.3 Å². The number of carbonyl (C=O) groups is 1. The Kier molecular flexibility index (Phi) is 6.49. The maximum absolute atomic E-state index is 12.7. The molecule has 1 aliphatic carbocycles. The molecule has 0 bridgehead atoms. The first-order chi connectivity index (χ1) is 14.0. The average Bonchev–Trinajstić information content (AvgIpc) is 3.16. The smallest absolute Gasteiger partial charge is 0.255 e. The molecule has 3 N–H and O–H groups in total. The van der Waals surface area contributed by atoms with E-state index >= 15 is 0 Å². The summed E-state index contributed by atoms with van der Waals surface area (Å²) in [5.41, 5.74) is 1.62. The summed E-state index contributed by atoms with van der Waals surface area (Å²) in [6.07, 6.45) is 4.68. The van der Waals surface area contributed by atoms with Crippen molar-refractivity contribution in [3.8, 4) is 0 Å². The lowest BCUT2D eigenvalue weighted by Gasteiger charge is -2.14. The quantitative estimate of drug-likeness (QED) is 0.598. The van der Waals surface area contributed by atoms with Crippen LogP contribution in [-0.2, 0) is 20.0 Å². The van der Waals surface area contributed by atoms with E-state index in [1.54, 1.807) is 19.1 Å². The number of rotatable bonds is 7. The molecular weight excluding hydrogens is 426 g/mol. The highest BCUT2D eigenvalue weighted by molar-refractivity contribution is 7.92. The highest BCUT2D eigenvalue weighted by Crippen LogP contribution is 2.23. The molecule has 162 valence electrons. The van der Waals surface area contributed by atoms with Crippen LogP contribution in [0.15, 0.2) is 47.4 Å². The second-order valence-corrected chi connectivity index (χ2v) is 11.0. The molecule has 30 heavy (non-hydrogen) atoms. The average molecular weight is 452 g/mol. The SMILES string of the molecule is Cc1ccc(NC(=O)c2cccc(S(=O)(=O)NC3CCCC3)c2)cc1NS(C)(=O)=O. The van der Waals surface area contributed by atoms with Gasteiger partial charge in [-0.05, 0) is 55.7 Å². The monoisotopic (exact) mass is 451 g/mol. The highest BCUT2D eigenvalue weighted by Gasteiger charge is 2.23. The van der Waals surface area contributed by atoms with Crippen LogP contribution in [0.1, 0.15) is 41.6 Å². The Morgan fingerprint density at radius 3 is 2.37 bits per heavy atom. The summed E-state index contributed by atoms with van der Waals surface area (Å²) in [7, 11) is -7.18. The van der Waals surface area contributed by atoms with Crippen LogP contribution in [0.5, 0.6) is 0 Å². The molecule has 1 amide bonds. The van der Waals surface area contributed by atoms with Crippen LogP contribution in [0.2, 0.25) is 0 Å². The molecule has 2 aromatic rings. The minimum absolute atomic E-state index is 0.0328. The largest absolute Gasteiger partial charge is 0.322 e.